The Morgan fingerprint density at radius 1 is 1.26 bits per heavy atom. The van der Waals surface area contributed by atoms with E-state index in [0.29, 0.717) is 0 Å². The van der Waals surface area contributed by atoms with Gasteiger partial charge in [-0.15, -0.1) is 0 Å². The number of rotatable bonds is 7. The van der Waals surface area contributed by atoms with Crippen molar-refractivity contribution < 1.29 is 5.11 Å². The Bertz CT molecular complexity index is 252. The van der Waals surface area contributed by atoms with Crippen LogP contribution in [0.3, 0.4) is 0 Å². The van der Waals surface area contributed by atoms with Crippen LogP contribution in [0.25, 0.3) is 0 Å². The zero-order chi connectivity index (χ0) is 14.5. The predicted molar refractivity (Wildman–Crippen MR) is 82.2 cm³/mol. The highest BCUT2D eigenvalue weighted by Gasteiger charge is 2.38. The first-order valence-electron chi connectivity index (χ1n) is 8.04. The molecular weight excluding hydrogens is 236 g/mol. The predicted octanol–water partition coefficient (Wildman–Crippen LogP) is 2.77. The highest BCUT2D eigenvalue weighted by atomic mass is 16.3. The minimum absolute atomic E-state index is 0.186. The Balaban J connectivity index is 2.65. The Morgan fingerprint density at radius 2 is 1.84 bits per heavy atom. The van der Waals surface area contributed by atoms with Gasteiger partial charge in [-0.2, -0.15) is 0 Å². The first kappa shape index (κ1) is 16.9. The van der Waals surface area contributed by atoms with Crippen molar-refractivity contribution in [3.05, 3.63) is 0 Å². The average Bonchev–Trinajstić information content (AvgIpc) is 2.38. The normalized spacial score (nSPS) is 28.9. The Hall–Kier alpha value is -0.120. The van der Waals surface area contributed by atoms with Crippen LogP contribution in [-0.4, -0.2) is 40.8 Å². The van der Waals surface area contributed by atoms with E-state index in [0.717, 1.165) is 32.0 Å². The van der Waals surface area contributed by atoms with E-state index in [-0.39, 0.29) is 5.54 Å². The van der Waals surface area contributed by atoms with Crippen molar-refractivity contribution >= 4 is 0 Å². The van der Waals surface area contributed by atoms with Crippen LogP contribution in [0.2, 0.25) is 0 Å². The van der Waals surface area contributed by atoms with Crippen LogP contribution in [0.4, 0.5) is 0 Å². The molecule has 3 N–H and O–H groups in total. The molecular formula is C16H34N2O. The molecule has 0 spiro atoms. The van der Waals surface area contributed by atoms with E-state index < -0.39 is 5.60 Å². The molecule has 1 saturated carbocycles. The van der Waals surface area contributed by atoms with Crippen molar-refractivity contribution in [1.29, 1.82) is 0 Å². The van der Waals surface area contributed by atoms with E-state index >= 15 is 0 Å². The van der Waals surface area contributed by atoms with Gasteiger partial charge in [0.25, 0.3) is 0 Å². The molecule has 3 nitrogen and oxygen atoms in total. The second-order valence-corrected chi connectivity index (χ2v) is 6.92. The quantitative estimate of drug-likeness (QED) is 0.748. The number of aliphatic hydroxyl groups is 1. The van der Waals surface area contributed by atoms with Crippen molar-refractivity contribution in [3.8, 4) is 0 Å². The average molecular weight is 270 g/mol. The highest BCUT2D eigenvalue weighted by molar-refractivity contribution is 4.95. The number of hydrogen-bond donors (Lipinski definition) is 2. The summed E-state index contributed by atoms with van der Waals surface area (Å²) in [4.78, 5) is 2.52. The zero-order valence-corrected chi connectivity index (χ0v) is 13.4. The molecule has 0 atom stereocenters. The van der Waals surface area contributed by atoms with Gasteiger partial charge >= 0.3 is 0 Å². The van der Waals surface area contributed by atoms with Gasteiger partial charge in [-0.1, -0.05) is 20.3 Å². The molecule has 1 aliphatic carbocycles. The molecule has 0 aliphatic heterocycles. The zero-order valence-electron chi connectivity index (χ0n) is 13.4. The molecule has 0 amide bonds. The highest BCUT2D eigenvalue weighted by Crippen LogP contribution is 2.37. The molecule has 0 bridgehead atoms. The summed E-state index contributed by atoms with van der Waals surface area (Å²) in [5, 5.41) is 9.94. The number of likely N-dealkylation sites (N-methyl/N-ethyl adjacent to an activating group) is 1. The Labute approximate surface area is 119 Å². The molecule has 3 heteroatoms. The third kappa shape index (κ3) is 4.73. The number of nitrogens with zero attached hydrogens (tertiary/aromatic N) is 1. The van der Waals surface area contributed by atoms with Crippen LogP contribution in [-0.2, 0) is 0 Å². The van der Waals surface area contributed by atoms with Gasteiger partial charge in [0, 0.05) is 18.6 Å². The first-order chi connectivity index (χ1) is 8.87. The molecule has 1 aliphatic rings. The van der Waals surface area contributed by atoms with E-state index in [9.17, 15) is 5.11 Å². The first-order valence-corrected chi connectivity index (χ1v) is 8.04. The fourth-order valence-electron chi connectivity index (χ4n) is 3.41. The van der Waals surface area contributed by atoms with E-state index in [4.69, 9.17) is 5.73 Å². The summed E-state index contributed by atoms with van der Waals surface area (Å²) in [5.41, 5.74) is 5.74. The molecule has 0 heterocycles. The maximum Gasteiger partial charge on any atom is 0.0603 e. The Morgan fingerprint density at radius 3 is 2.21 bits per heavy atom. The Kier molecular flexibility index (Phi) is 6.28. The summed E-state index contributed by atoms with van der Waals surface area (Å²) in [6.45, 7) is 11.0. The number of nitrogens with two attached hydrogens (primary N) is 1. The summed E-state index contributed by atoms with van der Waals surface area (Å²) in [6, 6.07) is 0. The van der Waals surface area contributed by atoms with Gasteiger partial charge < -0.3 is 10.8 Å². The maximum absolute atomic E-state index is 9.94. The maximum atomic E-state index is 9.94. The topological polar surface area (TPSA) is 49.5 Å². The minimum atomic E-state index is -0.580. The van der Waals surface area contributed by atoms with Crippen LogP contribution in [0, 0.1) is 5.92 Å². The lowest BCUT2D eigenvalue weighted by molar-refractivity contribution is 0.0106. The summed E-state index contributed by atoms with van der Waals surface area (Å²) in [6.07, 6.45) is 7.19. The lowest BCUT2D eigenvalue weighted by Crippen LogP contribution is -2.56. The van der Waals surface area contributed by atoms with Gasteiger partial charge in [0.15, 0.2) is 0 Å². The number of hydrogen-bond acceptors (Lipinski definition) is 3. The molecule has 114 valence electrons. The molecule has 0 aromatic carbocycles. The smallest absolute Gasteiger partial charge is 0.0603 e. The minimum Gasteiger partial charge on any atom is -0.390 e. The van der Waals surface area contributed by atoms with Crippen molar-refractivity contribution in [3.63, 3.8) is 0 Å². The largest absolute Gasteiger partial charge is 0.390 e. The summed E-state index contributed by atoms with van der Waals surface area (Å²) in [7, 11) is 0. The van der Waals surface area contributed by atoms with Gasteiger partial charge in [0.05, 0.1) is 5.60 Å². The second kappa shape index (κ2) is 7.05. The van der Waals surface area contributed by atoms with Crippen LogP contribution in [0.5, 0.6) is 0 Å². The summed E-state index contributed by atoms with van der Waals surface area (Å²) in [5.74, 6) is 0.896. The molecule has 0 aromatic heterocycles. The van der Waals surface area contributed by atoms with Crippen LogP contribution in [0.1, 0.15) is 66.2 Å². The molecule has 1 rings (SSSR count). The van der Waals surface area contributed by atoms with Crippen molar-refractivity contribution in [2.75, 3.05) is 19.6 Å². The fourth-order valence-corrected chi connectivity index (χ4v) is 3.41. The van der Waals surface area contributed by atoms with Crippen LogP contribution >= 0.6 is 0 Å². The molecule has 0 unspecified atom stereocenters. The lowest BCUT2D eigenvalue weighted by Gasteiger charge is -2.48. The van der Waals surface area contributed by atoms with Crippen molar-refractivity contribution in [1.82, 2.24) is 4.90 Å². The molecule has 0 saturated heterocycles. The SMILES string of the molecule is CCC1CCC(CN)(N(CC)CCC(C)(C)O)CC1. The summed E-state index contributed by atoms with van der Waals surface area (Å²) >= 11 is 0. The van der Waals surface area contributed by atoms with Crippen molar-refractivity contribution in [2.45, 2.75) is 77.4 Å². The van der Waals surface area contributed by atoms with Crippen molar-refractivity contribution in [2.24, 2.45) is 11.7 Å². The van der Waals surface area contributed by atoms with Crippen LogP contribution in [0.15, 0.2) is 0 Å². The van der Waals surface area contributed by atoms with Gasteiger partial charge in [0.2, 0.25) is 0 Å². The van der Waals surface area contributed by atoms with Gasteiger partial charge in [-0.05, 0) is 58.4 Å². The second-order valence-electron chi connectivity index (χ2n) is 6.92. The van der Waals surface area contributed by atoms with E-state index in [1.165, 1.54) is 32.1 Å². The molecule has 0 aromatic rings. The third-order valence-electron chi connectivity index (χ3n) is 5.04. The monoisotopic (exact) mass is 270 g/mol. The van der Waals surface area contributed by atoms with Crippen LogP contribution < -0.4 is 5.73 Å². The molecule has 1 fully saturated rings. The lowest BCUT2D eigenvalue weighted by atomic mass is 9.74. The molecule has 0 radical (unpaired) electrons. The summed E-state index contributed by atoms with van der Waals surface area (Å²) < 4.78 is 0. The van der Waals surface area contributed by atoms with E-state index in [2.05, 4.69) is 18.7 Å². The van der Waals surface area contributed by atoms with Gasteiger partial charge in [-0.3, -0.25) is 4.90 Å². The van der Waals surface area contributed by atoms with Gasteiger partial charge in [0.1, 0.15) is 0 Å². The molecule has 19 heavy (non-hydrogen) atoms. The van der Waals surface area contributed by atoms with E-state index in [1.807, 2.05) is 13.8 Å². The standard InChI is InChI=1S/C16H34N2O/c1-5-14-7-9-16(13-17,10-8-14)18(6-2)12-11-15(3,4)19/h14,19H,5-13,17H2,1-4H3. The van der Waals surface area contributed by atoms with E-state index in [1.54, 1.807) is 0 Å². The van der Waals surface area contributed by atoms with Gasteiger partial charge in [-0.25, -0.2) is 0 Å². The fraction of sp³-hybridized carbons (Fsp3) is 1.00. The third-order valence-corrected chi connectivity index (χ3v) is 5.04.